The smallest absolute Gasteiger partial charge is 0.251 e. The van der Waals surface area contributed by atoms with Crippen molar-refractivity contribution in [2.24, 2.45) is 0 Å². The van der Waals surface area contributed by atoms with Crippen LogP contribution in [-0.2, 0) is 6.42 Å². The summed E-state index contributed by atoms with van der Waals surface area (Å²) in [4.78, 5) is 12.3. The summed E-state index contributed by atoms with van der Waals surface area (Å²) in [5, 5.41) is 13.2. The van der Waals surface area contributed by atoms with Crippen LogP contribution in [0.1, 0.15) is 23.0 Å². The van der Waals surface area contributed by atoms with E-state index in [0.29, 0.717) is 17.7 Å². The van der Waals surface area contributed by atoms with Crippen LogP contribution in [0.25, 0.3) is 11.1 Å². The number of carbonyl (C=O) groups is 1. The number of hydrogen-bond acceptors (Lipinski definition) is 3. The van der Waals surface area contributed by atoms with Crippen molar-refractivity contribution in [3.8, 4) is 11.1 Å². The van der Waals surface area contributed by atoms with Gasteiger partial charge >= 0.3 is 0 Å². The number of hydrogen-bond donors (Lipinski definition) is 2. The van der Waals surface area contributed by atoms with Gasteiger partial charge in [-0.3, -0.25) is 4.79 Å². The fraction of sp³-hybridized carbons (Fsp3) is 0.190. The molecule has 0 radical (unpaired) electrons. The van der Waals surface area contributed by atoms with Crippen LogP contribution in [0.5, 0.6) is 0 Å². The maximum absolute atomic E-state index is 12.3. The molecule has 4 heteroatoms. The maximum Gasteiger partial charge on any atom is 0.251 e. The van der Waals surface area contributed by atoms with Crippen LogP contribution >= 0.6 is 0 Å². The lowest BCUT2D eigenvalue weighted by Crippen LogP contribution is -2.42. The number of amides is 1. The predicted octanol–water partition coefficient (Wildman–Crippen LogP) is 3.67. The first-order chi connectivity index (χ1) is 12.0. The lowest BCUT2D eigenvalue weighted by molar-refractivity contribution is 0.0510. The van der Waals surface area contributed by atoms with Gasteiger partial charge in [-0.05, 0) is 42.3 Å². The molecule has 0 aliphatic rings. The molecule has 4 nitrogen and oxygen atoms in total. The van der Waals surface area contributed by atoms with Gasteiger partial charge in [0.1, 0.15) is 5.76 Å². The minimum absolute atomic E-state index is 0.146. The van der Waals surface area contributed by atoms with E-state index in [4.69, 9.17) is 4.42 Å². The second kappa shape index (κ2) is 7.36. The quantitative estimate of drug-likeness (QED) is 0.722. The topological polar surface area (TPSA) is 62.5 Å². The van der Waals surface area contributed by atoms with Gasteiger partial charge in [0, 0.05) is 18.5 Å². The Labute approximate surface area is 147 Å². The van der Waals surface area contributed by atoms with E-state index < -0.39 is 5.60 Å². The highest BCUT2D eigenvalue weighted by atomic mass is 16.3. The number of benzene rings is 2. The molecular weight excluding hydrogens is 314 g/mol. The van der Waals surface area contributed by atoms with Gasteiger partial charge in [-0.2, -0.15) is 0 Å². The van der Waals surface area contributed by atoms with E-state index >= 15 is 0 Å². The zero-order valence-corrected chi connectivity index (χ0v) is 14.1. The van der Waals surface area contributed by atoms with E-state index in [2.05, 4.69) is 5.32 Å². The van der Waals surface area contributed by atoms with Gasteiger partial charge in [0.05, 0.1) is 11.9 Å². The summed E-state index contributed by atoms with van der Waals surface area (Å²) in [7, 11) is 0. The third kappa shape index (κ3) is 4.58. The zero-order chi connectivity index (χ0) is 17.7. The lowest BCUT2D eigenvalue weighted by Gasteiger charge is -2.22. The molecular formula is C21H21NO3. The molecule has 0 aliphatic carbocycles. The van der Waals surface area contributed by atoms with E-state index in [9.17, 15) is 9.90 Å². The molecule has 0 aliphatic heterocycles. The Bertz CT molecular complexity index is 806. The molecule has 0 spiro atoms. The molecule has 2 aromatic carbocycles. The summed E-state index contributed by atoms with van der Waals surface area (Å²) in [5.74, 6) is 0.478. The van der Waals surface area contributed by atoms with E-state index in [0.717, 1.165) is 11.1 Å². The Hall–Kier alpha value is -2.85. The van der Waals surface area contributed by atoms with E-state index in [1.54, 1.807) is 37.5 Å². The van der Waals surface area contributed by atoms with Crippen molar-refractivity contribution in [2.45, 2.75) is 18.9 Å². The van der Waals surface area contributed by atoms with E-state index in [1.165, 1.54) is 0 Å². The van der Waals surface area contributed by atoms with Gasteiger partial charge in [0.15, 0.2) is 0 Å². The largest absolute Gasteiger partial charge is 0.469 e. The fourth-order valence-corrected chi connectivity index (χ4v) is 2.67. The van der Waals surface area contributed by atoms with Crippen LogP contribution in [0.15, 0.2) is 77.4 Å². The average molecular weight is 335 g/mol. The Morgan fingerprint density at radius 3 is 2.32 bits per heavy atom. The molecule has 1 heterocycles. The van der Waals surface area contributed by atoms with Gasteiger partial charge in [0.25, 0.3) is 5.91 Å². The molecule has 0 saturated heterocycles. The standard InChI is InChI=1S/C21H21NO3/c1-21(24,14-19-8-5-13-25-19)15-22-20(23)18-11-9-17(10-12-18)16-6-3-2-4-7-16/h2-13,24H,14-15H2,1H3,(H,22,23). The average Bonchev–Trinajstić information content (AvgIpc) is 3.13. The monoisotopic (exact) mass is 335 g/mol. The second-order valence-corrected chi connectivity index (χ2v) is 6.38. The number of aliphatic hydroxyl groups is 1. The molecule has 0 fully saturated rings. The van der Waals surface area contributed by atoms with Crippen LogP contribution in [0.4, 0.5) is 0 Å². The highest BCUT2D eigenvalue weighted by Crippen LogP contribution is 2.19. The van der Waals surface area contributed by atoms with Gasteiger partial charge in [0.2, 0.25) is 0 Å². The van der Waals surface area contributed by atoms with Gasteiger partial charge in [-0.25, -0.2) is 0 Å². The number of carbonyl (C=O) groups excluding carboxylic acids is 1. The van der Waals surface area contributed by atoms with Crippen LogP contribution in [0.3, 0.4) is 0 Å². The summed E-state index contributed by atoms with van der Waals surface area (Å²) < 4.78 is 5.24. The zero-order valence-electron chi connectivity index (χ0n) is 14.1. The van der Waals surface area contributed by atoms with Crippen LogP contribution < -0.4 is 5.32 Å². The highest BCUT2D eigenvalue weighted by Gasteiger charge is 2.23. The first-order valence-corrected chi connectivity index (χ1v) is 8.22. The van der Waals surface area contributed by atoms with Crippen molar-refractivity contribution >= 4 is 5.91 Å². The summed E-state index contributed by atoms with van der Waals surface area (Å²) >= 11 is 0. The summed E-state index contributed by atoms with van der Waals surface area (Å²) in [6.07, 6.45) is 1.91. The SMILES string of the molecule is CC(O)(CNC(=O)c1ccc(-c2ccccc2)cc1)Cc1ccco1. The molecule has 0 bridgehead atoms. The molecule has 1 aromatic heterocycles. The molecule has 0 saturated carbocycles. The minimum Gasteiger partial charge on any atom is -0.469 e. The summed E-state index contributed by atoms with van der Waals surface area (Å²) in [5.41, 5.74) is 1.66. The van der Waals surface area contributed by atoms with Crippen LogP contribution in [-0.4, -0.2) is 23.2 Å². The van der Waals surface area contributed by atoms with Crippen molar-refractivity contribution < 1.29 is 14.3 Å². The lowest BCUT2D eigenvalue weighted by atomic mass is 10.0. The Balaban J connectivity index is 1.59. The number of furan rings is 1. The number of rotatable bonds is 6. The van der Waals surface area contributed by atoms with Crippen LogP contribution in [0.2, 0.25) is 0 Å². The molecule has 128 valence electrons. The molecule has 2 N–H and O–H groups in total. The summed E-state index contributed by atoms with van der Waals surface area (Å²) in [6, 6.07) is 21.0. The first-order valence-electron chi connectivity index (χ1n) is 8.22. The van der Waals surface area contributed by atoms with Gasteiger partial charge in [-0.1, -0.05) is 42.5 Å². The Kier molecular flexibility index (Phi) is 5.00. The predicted molar refractivity (Wildman–Crippen MR) is 97.2 cm³/mol. The molecule has 1 unspecified atom stereocenters. The minimum atomic E-state index is -1.07. The molecule has 25 heavy (non-hydrogen) atoms. The van der Waals surface area contributed by atoms with E-state index in [1.807, 2.05) is 42.5 Å². The Morgan fingerprint density at radius 1 is 1.00 bits per heavy atom. The fourth-order valence-electron chi connectivity index (χ4n) is 2.67. The van der Waals surface area contributed by atoms with E-state index in [-0.39, 0.29) is 12.5 Å². The normalized spacial score (nSPS) is 13.2. The molecule has 1 atom stereocenters. The Morgan fingerprint density at radius 2 is 1.68 bits per heavy atom. The van der Waals surface area contributed by atoms with Crippen LogP contribution in [0, 0.1) is 0 Å². The van der Waals surface area contributed by atoms with Crippen molar-refractivity contribution in [1.29, 1.82) is 0 Å². The summed E-state index contributed by atoms with van der Waals surface area (Å²) in [6.45, 7) is 1.82. The van der Waals surface area contributed by atoms with Crippen molar-refractivity contribution in [1.82, 2.24) is 5.32 Å². The molecule has 3 aromatic rings. The number of nitrogens with one attached hydrogen (secondary N) is 1. The van der Waals surface area contributed by atoms with Crippen molar-refractivity contribution in [2.75, 3.05) is 6.54 Å². The maximum atomic E-state index is 12.3. The van der Waals surface area contributed by atoms with Crippen molar-refractivity contribution in [3.05, 3.63) is 84.3 Å². The highest BCUT2D eigenvalue weighted by molar-refractivity contribution is 5.94. The van der Waals surface area contributed by atoms with Gasteiger partial charge < -0.3 is 14.8 Å². The molecule has 3 rings (SSSR count). The van der Waals surface area contributed by atoms with Gasteiger partial charge in [-0.15, -0.1) is 0 Å². The van der Waals surface area contributed by atoms with Crippen molar-refractivity contribution in [3.63, 3.8) is 0 Å². The second-order valence-electron chi connectivity index (χ2n) is 6.38. The third-order valence-electron chi connectivity index (χ3n) is 4.02. The molecule has 1 amide bonds. The third-order valence-corrected chi connectivity index (χ3v) is 4.02. The first kappa shape index (κ1) is 17.0.